The average molecular weight is 273 g/mol. The van der Waals surface area contributed by atoms with E-state index in [4.69, 9.17) is 10.5 Å². The predicted octanol–water partition coefficient (Wildman–Crippen LogP) is 1.69. The van der Waals surface area contributed by atoms with Crippen molar-refractivity contribution in [1.29, 1.82) is 0 Å². The van der Waals surface area contributed by atoms with Crippen LogP contribution in [0.15, 0.2) is 24.4 Å². The Morgan fingerprint density at radius 3 is 3.05 bits per heavy atom. The summed E-state index contributed by atoms with van der Waals surface area (Å²) in [7, 11) is 0. The zero-order valence-corrected chi connectivity index (χ0v) is 11.5. The minimum absolute atomic E-state index is 0.382. The van der Waals surface area contributed by atoms with Gasteiger partial charge in [-0.3, -0.25) is 4.98 Å². The highest BCUT2D eigenvalue weighted by Crippen LogP contribution is 2.29. The maximum Gasteiger partial charge on any atom is 0.107 e. The van der Waals surface area contributed by atoms with Crippen LogP contribution in [0.25, 0.3) is 10.8 Å². The number of hydrogen-bond acceptors (Lipinski definition) is 5. The molecule has 3 rings (SSSR count). The molecule has 1 aromatic carbocycles. The Balaban J connectivity index is 1.91. The monoisotopic (exact) mass is 273 g/mol. The van der Waals surface area contributed by atoms with Gasteiger partial charge < -0.3 is 20.9 Å². The van der Waals surface area contributed by atoms with Gasteiger partial charge in [0.05, 0.1) is 6.61 Å². The first-order valence-electron chi connectivity index (χ1n) is 6.76. The van der Waals surface area contributed by atoms with E-state index in [0.717, 1.165) is 22.2 Å². The molecule has 0 radical (unpaired) electrons. The van der Waals surface area contributed by atoms with Crippen LogP contribution in [-0.4, -0.2) is 35.5 Å². The molecule has 5 nitrogen and oxygen atoms in total. The molecule has 1 fully saturated rings. The fourth-order valence-corrected chi connectivity index (χ4v) is 2.52. The van der Waals surface area contributed by atoms with E-state index in [9.17, 15) is 5.11 Å². The van der Waals surface area contributed by atoms with Crippen molar-refractivity contribution < 1.29 is 9.84 Å². The lowest BCUT2D eigenvalue weighted by atomic mass is 10.0. The standard InChI is InChI=1S/C15H19N3O2/c1-10-6-11-12(7-17-10)13(16)2-3-14(11)18-8-15(19)4-5-20-9-15/h2-3,6-7,18-19H,4-5,8-9,16H2,1H3. The molecule has 2 aromatic rings. The Morgan fingerprint density at radius 2 is 2.30 bits per heavy atom. The first kappa shape index (κ1) is 13.1. The van der Waals surface area contributed by atoms with Crippen molar-refractivity contribution in [2.45, 2.75) is 18.9 Å². The summed E-state index contributed by atoms with van der Waals surface area (Å²) in [4.78, 5) is 4.28. The maximum absolute atomic E-state index is 10.3. The summed E-state index contributed by atoms with van der Waals surface area (Å²) in [6.07, 6.45) is 2.45. The molecule has 0 spiro atoms. The van der Waals surface area contributed by atoms with E-state index in [1.807, 2.05) is 25.1 Å². The summed E-state index contributed by atoms with van der Waals surface area (Å²) < 4.78 is 5.25. The number of pyridine rings is 1. The van der Waals surface area contributed by atoms with Crippen molar-refractivity contribution in [2.24, 2.45) is 0 Å². The van der Waals surface area contributed by atoms with E-state index < -0.39 is 5.60 Å². The number of anilines is 2. The second kappa shape index (κ2) is 4.92. The molecule has 2 heterocycles. The van der Waals surface area contributed by atoms with Gasteiger partial charge in [-0.25, -0.2) is 0 Å². The third-order valence-corrected chi connectivity index (χ3v) is 3.76. The molecule has 1 aromatic heterocycles. The number of nitrogens with two attached hydrogens (primary N) is 1. The third kappa shape index (κ3) is 2.42. The minimum Gasteiger partial charge on any atom is -0.398 e. The number of nitrogens with zero attached hydrogens (tertiary/aromatic N) is 1. The summed E-state index contributed by atoms with van der Waals surface area (Å²) in [5, 5.41) is 15.6. The maximum atomic E-state index is 10.3. The highest BCUT2D eigenvalue weighted by Gasteiger charge is 2.31. The lowest BCUT2D eigenvalue weighted by Gasteiger charge is -2.22. The molecular formula is C15H19N3O2. The molecule has 0 aliphatic carbocycles. The third-order valence-electron chi connectivity index (χ3n) is 3.76. The van der Waals surface area contributed by atoms with Crippen LogP contribution in [0, 0.1) is 6.92 Å². The van der Waals surface area contributed by atoms with Gasteiger partial charge in [0, 0.05) is 53.6 Å². The molecule has 5 heteroatoms. The Labute approximate surface area is 117 Å². The molecule has 1 aliphatic heterocycles. The number of hydrogen-bond donors (Lipinski definition) is 3. The van der Waals surface area contributed by atoms with E-state index in [2.05, 4.69) is 10.3 Å². The van der Waals surface area contributed by atoms with Gasteiger partial charge in [0.25, 0.3) is 0 Å². The molecule has 1 unspecified atom stereocenters. The highest BCUT2D eigenvalue weighted by molar-refractivity contribution is 6.00. The second-order valence-corrected chi connectivity index (χ2v) is 5.45. The van der Waals surface area contributed by atoms with Crippen molar-refractivity contribution >= 4 is 22.1 Å². The molecule has 1 saturated heterocycles. The van der Waals surface area contributed by atoms with Crippen molar-refractivity contribution in [1.82, 2.24) is 4.98 Å². The smallest absolute Gasteiger partial charge is 0.107 e. The van der Waals surface area contributed by atoms with Gasteiger partial charge in [0.15, 0.2) is 0 Å². The van der Waals surface area contributed by atoms with Crippen molar-refractivity contribution in [3.8, 4) is 0 Å². The number of benzene rings is 1. The van der Waals surface area contributed by atoms with Gasteiger partial charge in [0.2, 0.25) is 0 Å². The SMILES string of the molecule is Cc1cc2c(NCC3(O)CCOC3)ccc(N)c2cn1. The quantitative estimate of drug-likeness (QED) is 0.741. The largest absolute Gasteiger partial charge is 0.398 e. The molecule has 106 valence electrons. The molecule has 0 bridgehead atoms. The molecular weight excluding hydrogens is 254 g/mol. The van der Waals surface area contributed by atoms with Gasteiger partial charge in [-0.15, -0.1) is 0 Å². The van der Waals surface area contributed by atoms with E-state index in [0.29, 0.717) is 31.9 Å². The number of rotatable bonds is 3. The first-order chi connectivity index (χ1) is 9.57. The van der Waals surface area contributed by atoms with Crippen LogP contribution >= 0.6 is 0 Å². The van der Waals surface area contributed by atoms with Gasteiger partial charge in [-0.05, 0) is 25.1 Å². The lowest BCUT2D eigenvalue weighted by molar-refractivity contribution is 0.0382. The van der Waals surface area contributed by atoms with Crippen LogP contribution in [0.1, 0.15) is 12.1 Å². The Kier molecular flexibility index (Phi) is 3.23. The van der Waals surface area contributed by atoms with Crippen molar-refractivity contribution in [3.63, 3.8) is 0 Å². The topological polar surface area (TPSA) is 80.4 Å². The number of aliphatic hydroxyl groups is 1. The number of aryl methyl sites for hydroxylation is 1. The van der Waals surface area contributed by atoms with E-state index in [1.165, 1.54) is 0 Å². The van der Waals surface area contributed by atoms with Crippen LogP contribution in [-0.2, 0) is 4.74 Å². The summed E-state index contributed by atoms with van der Waals surface area (Å²) in [5.74, 6) is 0. The molecule has 0 saturated carbocycles. The van der Waals surface area contributed by atoms with Gasteiger partial charge >= 0.3 is 0 Å². The first-order valence-corrected chi connectivity index (χ1v) is 6.76. The van der Waals surface area contributed by atoms with Gasteiger partial charge in [0.1, 0.15) is 5.60 Å². The number of nitrogens with one attached hydrogen (secondary N) is 1. The zero-order valence-electron chi connectivity index (χ0n) is 11.5. The Bertz CT molecular complexity index is 636. The van der Waals surface area contributed by atoms with Crippen LogP contribution < -0.4 is 11.1 Å². The number of aromatic nitrogens is 1. The minimum atomic E-state index is -0.782. The van der Waals surface area contributed by atoms with Crippen molar-refractivity contribution in [3.05, 3.63) is 30.1 Å². The summed E-state index contributed by atoms with van der Waals surface area (Å²) in [6, 6.07) is 5.80. The lowest BCUT2D eigenvalue weighted by Crippen LogP contribution is -2.37. The summed E-state index contributed by atoms with van der Waals surface area (Å²) >= 11 is 0. The number of nitrogen functional groups attached to an aromatic ring is 1. The Hall–Kier alpha value is -1.85. The highest BCUT2D eigenvalue weighted by atomic mass is 16.5. The fourth-order valence-electron chi connectivity index (χ4n) is 2.52. The van der Waals surface area contributed by atoms with Crippen LogP contribution in [0.5, 0.6) is 0 Å². The Morgan fingerprint density at radius 1 is 1.45 bits per heavy atom. The summed E-state index contributed by atoms with van der Waals surface area (Å²) in [6.45, 7) is 3.41. The predicted molar refractivity (Wildman–Crippen MR) is 79.8 cm³/mol. The van der Waals surface area contributed by atoms with Gasteiger partial charge in [-0.1, -0.05) is 0 Å². The van der Waals surface area contributed by atoms with Crippen LogP contribution in [0.3, 0.4) is 0 Å². The van der Waals surface area contributed by atoms with E-state index >= 15 is 0 Å². The van der Waals surface area contributed by atoms with Crippen molar-refractivity contribution in [2.75, 3.05) is 30.8 Å². The molecule has 1 atom stereocenters. The second-order valence-electron chi connectivity index (χ2n) is 5.45. The van der Waals surface area contributed by atoms with Crippen LogP contribution in [0.4, 0.5) is 11.4 Å². The van der Waals surface area contributed by atoms with Crippen LogP contribution in [0.2, 0.25) is 0 Å². The molecule has 1 aliphatic rings. The fraction of sp³-hybridized carbons (Fsp3) is 0.400. The van der Waals surface area contributed by atoms with E-state index in [-0.39, 0.29) is 0 Å². The average Bonchev–Trinajstić information content (AvgIpc) is 2.85. The molecule has 4 N–H and O–H groups in total. The normalized spacial score (nSPS) is 22.3. The molecule has 20 heavy (non-hydrogen) atoms. The van der Waals surface area contributed by atoms with Gasteiger partial charge in [-0.2, -0.15) is 0 Å². The number of ether oxygens (including phenoxy) is 1. The zero-order chi connectivity index (χ0) is 14.2. The number of fused-ring (bicyclic) bond motifs is 1. The molecule has 0 amide bonds. The van der Waals surface area contributed by atoms with E-state index in [1.54, 1.807) is 6.20 Å². The summed E-state index contributed by atoms with van der Waals surface area (Å²) in [5.41, 5.74) is 7.81.